The van der Waals surface area contributed by atoms with Crippen LogP contribution in [0.4, 0.5) is 0 Å². The Balaban J connectivity index is 1.73. The molecule has 2 heterocycles. The van der Waals surface area contributed by atoms with Crippen molar-refractivity contribution >= 4 is 11.3 Å². The second kappa shape index (κ2) is 7.11. The van der Waals surface area contributed by atoms with Gasteiger partial charge in [-0.25, -0.2) is 4.98 Å². The summed E-state index contributed by atoms with van der Waals surface area (Å²) >= 11 is 1.64. The molecular formula is C17H17N3S. The van der Waals surface area contributed by atoms with E-state index < -0.39 is 0 Å². The van der Waals surface area contributed by atoms with Crippen LogP contribution in [-0.2, 0) is 6.42 Å². The van der Waals surface area contributed by atoms with Crippen LogP contribution in [0.5, 0.6) is 0 Å². The minimum atomic E-state index is 0.188. The van der Waals surface area contributed by atoms with E-state index in [1.54, 1.807) is 11.3 Å². The van der Waals surface area contributed by atoms with Crippen molar-refractivity contribution in [2.24, 2.45) is 0 Å². The Morgan fingerprint density at radius 1 is 1.00 bits per heavy atom. The molecule has 1 atom stereocenters. The molecule has 0 aliphatic heterocycles. The summed E-state index contributed by atoms with van der Waals surface area (Å²) in [6.07, 6.45) is 4.62. The fourth-order valence-electron chi connectivity index (χ4n) is 2.34. The van der Waals surface area contributed by atoms with E-state index in [1.165, 1.54) is 11.1 Å². The Hall–Kier alpha value is -2.04. The van der Waals surface area contributed by atoms with Crippen molar-refractivity contribution in [3.05, 3.63) is 82.6 Å². The SMILES string of the molecule is c1ccc(C(NCCc2cscn2)c2ccncc2)cc1. The summed E-state index contributed by atoms with van der Waals surface area (Å²) in [5, 5.41) is 5.73. The van der Waals surface area contributed by atoms with Gasteiger partial charge < -0.3 is 5.32 Å². The number of nitrogens with one attached hydrogen (secondary N) is 1. The number of thiazole rings is 1. The van der Waals surface area contributed by atoms with Crippen molar-refractivity contribution in [1.29, 1.82) is 0 Å². The number of aromatic nitrogens is 2. The van der Waals surface area contributed by atoms with Crippen molar-refractivity contribution in [1.82, 2.24) is 15.3 Å². The first kappa shape index (κ1) is 13.9. The van der Waals surface area contributed by atoms with E-state index in [9.17, 15) is 0 Å². The predicted molar refractivity (Wildman–Crippen MR) is 86.3 cm³/mol. The molecule has 3 rings (SSSR count). The minimum absolute atomic E-state index is 0.188. The molecule has 1 N–H and O–H groups in total. The first-order valence-corrected chi connectivity index (χ1v) is 7.93. The zero-order valence-corrected chi connectivity index (χ0v) is 12.5. The fraction of sp³-hybridized carbons (Fsp3) is 0.176. The molecule has 3 nitrogen and oxygen atoms in total. The molecule has 1 unspecified atom stereocenters. The lowest BCUT2D eigenvalue weighted by Gasteiger charge is -2.19. The maximum Gasteiger partial charge on any atom is 0.0794 e. The van der Waals surface area contributed by atoms with E-state index in [0.29, 0.717) is 0 Å². The van der Waals surface area contributed by atoms with Crippen molar-refractivity contribution < 1.29 is 0 Å². The Morgan fingerprint density at radius 3 is 2.48 bits per heavy atom. The molecule has 0 saturated carbocycles. The fourth-order valence-corrected chi connectivity index (χ4v) is 2.93. The van der Waals surface area contributed by atoms with Crippen LogP contribution in [0.3, 0.4) is 0 Å². The summed E-state index contributed by atoms with van der Waals surface area (Å²) in [7, 11) is 0. The van der Waals surface area contributed by atoms with Gasteiger partial charge in [-0.2, -0.15) is 0 Å². The maximum absolute atomic E-state index is 4.33. The molecule has 21 heavy (non-hydrogen) atoms. The number of rotatable bonds is 6. The van der Waals surface area contributed by atoms with Crippen molar-refractivity contribution in [3.63, 3.8) is 0 Å². The molecule has 106 valence electrons. The zero-order chi connectivity index (χ0) is 14.3. The predicted octanol–water partition coefficient (Wildman–Crippen LogP) is 3.46. The highest BCUT2D eigenvalue weighted by molar-refractivity contribution is 7.07. The van der Waals surface area contributed by atoms with Gasteiger partial charge in [0.1, 0.15) is 0 Å². The average Bonchev–Trinajstić information content (AvgIpc) is 3.07. The molecule has 0 amide bonds. The first-order chi connectivity index (χ1) is 10.4. The normalized spacial score (nSPS) is 12.2. The Morgan fingerprint density at radius 2 is 1.76 bits per heavy atom. The minimum Gasteiger partial charge on any atom is -0.306 e. The number of nitrogens with zero attached hydrogens (tertiary/aromatic N) is 2. The topological polar surface area (TPSA) is 37.8 Å². The van der Waals surface area contributed by atoms with Crippen LogP contribution in [0.25, 0.3) is 0 Å². The Bertz CT molecular complexity index is 599. The largest absolute Gasteiger partial charge is 0.306 e. The highest BCUT2D eigenvalue weighted by atomic mass is 32.1. The van der Waals surface area contributed by atoms with E-state index >= 15 is 0 Å². The standard InChI is InChI=1S/C17H17N3S/c1-2-4-14(5-3-1)17(15-6-9-18-10-7-15)19-11-8-16-12-21-13-20-16/h1-7,9-10,12-13,17,19H,8,11H2. The van der Waals surface area contributed by atoms with Gasteiger partial charge in [-0.1, -0.05) is 30.3 Å². The highest BCUT2D eigenvalue weighted by Crippen LogP contribution is 2.21. The molecule has 0 radical (unpaired) electrons. The lowest BCUT2D eigenvalue weighted by molar-refractivity contribution is 0.602. The molecule has 3 aromatic rings. The quantitative estimate of drug-likeness (QED) is 0.757. The second-order valence-electron chi connectivity index (χ2n) is 4.81. The summed E-state index contributed by atoms with van der Waals surface area (Å²) in [4.78, 5) is 8.43. The monoisotopic (exact) mass is 295 g/mol. The third kappa shape index (κ3) is 3.74. The zero-order valence-electron chi connectivity index (χ0n) is 11.6. The smallest absolute Gasteiger partial charge is 0.0794 e. The third-order valence-electron chi connectivity index (χ3n) is 3.39. The summed E-state index contributed by atoms with van der Waals surface area (Å²) in [6, 6.07) is 14.8. The Labute approximate surface area is 128 Å². The van der Waals surface area contributed by atoms with Gasteiger partial charge in [-0.05, 0) is 23.3 Å². The molecule has 0 saturated heterocycles. The lowest BCUT2D eigenvalue weighted by Crippen LogP contribution is -2.24. The maximum atomic E-state index is 4.33. The number of benzene rings is 1. The van der Waals surface area contributed by atoms with Crippen LogP contribution in [0, 0.1) is 0 Å². The molecule has 0 spiro atoms. The van der Waals surface area contributed by atoms with E-state index in [2.05, 4.69) is 57.1 Å². The van der Waals surface area contributed by atoms with Gasteiger partial charge in [0.2, 0.25) is 0 Å². The molecular weight excluding hydrogens is 278 g/mol. The van der Waals surface area contributed by atoms with Crippen molar-refractivity contribution in [3.8, 4) is 0 Å². The van der Waals surface area contributed by atoms with Gasteiger partial charge in [-0.15, -0.1) is 11.3 Å². The van der Waals surface area contributed by atoms with Gasteiger partial charge in [0.05, 0.1) is 17.2 Å². The molecule has 1 aromatic carbocycles. The lowest BCUT2D eigenvalue weighted by atomic mass is 9.99. The van der Waals surface area contributed by atoms with Crippen LogP contribution in [0.2, 0.25) is 0 Å². The summed E-state index contributed by atoms with van der Waals surface area (Å²) in [5.41, 5.74) is 5.53. The van der Waals surface area contributed by atoms with Crippen LogP contribution in [0.1, 0.15) is 22.9 Å². The number of hydrogen-bond acceptors (Lipinski definition) is 4. The van der Waals surface area contributed by atoms with Gasteiger partial charge in [0.25, 0.3) is 0 Å². The average molecular weight is 295 g/mol. The van der Waals surface area contributed by atoms with Crippen molar-refractivity contribution in [2.45, 2.75) is 12.5 Å². The van der Waals surface area contributed by atoms with Gasteiger partial charge in [0, 0.05) is 30.7 Å². The van der Waals surface area contributed by atoms with E-state index in [4.69, 9.17) is 0 Å². The summed E-state index contributed by atoms with van der Waals surface area (Å²) in [6.45, 7) is 0.894. The molecule has 0 aliphatic carbocycles. The van der Waals surface area contributed by atoms with Crippen LogP contribution >= 0.6 is 11.3 Å². The van der Waals surface area contributed by atoms with Crippen LogP contribution in [0.15, 0.2) is 65.7 Å². The first-order valence-electron chi connectivity index (χ1n) is 6.99. The van der Waals surface area contributed by atoms with E-state index in [-0.39, 0.29) is 6.04 Å². The van der Waals surface area contributed by atoms with E-state index in [0.717, 1.165) is 18.7 Å². The molecule has 4 heteroatoms. The number of hydrogen-bond donors (Lipinski definition) is 1. The number of pyridine rings is 1. The molecule has 2 aromatic heterocycles. The molecule has 0 bridgehead atoms. The van der Waals surface area contributed by atoms with Crippen LogP contribution in [-0.4, -0.2) is 16.5 Å². The highest BCUT2D eigenvalue weighted by Gasteiger charge is 2.12. The molecule has 0 aliphatic rings. The van der Waals surface area contributed by atoms with Gasteiger partial charge >= 0.3 is 0 Å². The van der Waals surface area contributed by atoms with Gasteiger partial charge in [-0.3, -0.25) is 4.98 Å². The van der Waals surface area contributed by atoms with Crippen molar-refractivity contribution in [2.75, 3.05) is 6.54 Å². The Kier molecular flexibility index (Phi) is 4.71. The summed E-state index contributed by atoms with van der Waals surface area (Å²) < 4.78 is 0. The van der Waals surface area contributed by atoms with E-state index in [1.807, 2.05) is 24.0 Å². The van der Waals surface area contributed by atoms with Crippen LogP contribution < -0.4 is 5.32 Å². The van der Waals surface area contributed by atoms with Gasteiger partial charge in [0.15, 0.2) is 0 Å². The second-order valence-corrected chi connectivity index (χ2v) is 5.53. The summed E-state index contributed by atoms with van der Waals surface area (Å²) in [5.74, 6) is 0. The third-order valence-corrected chi connectivity index (χ3v) is 4.02. The molecule has 0 fully saturated rings.